The first-order valence-electron chi connectivity index (χ1n) is 8.48. The predicted octanol–water partition coefficient (Wildman–Crippen LogP) is 4.11. The van der Waals surface area contributed by atoms with E-state index in [9.17, 15) is 8.42 Å². The monoisotopic (exact) mass is 414 g/mol. The minimum Gasteiger partial charge on any atom is -0.284 e. The number of hydrogen-bond acceptors (Lipinski definition) is 4. The van der Waals surface area contributed by atoms with Crippen LogP contribution in [-0.2, 0) is 16.6 Å². The highest BCUT2D eigenvalue weighted by Crippen LogP contribution is 2.30. The lowest BCUT2D eigenvalue weighted by molar-refractivity contribution is 0.607. The zero-order valence-electron chi connectivity index (χ0n) is 15.7. The molecule has 1 heterocycles. The van der Waals surface area contributed by atoms with Gasteiger partial charge in [-0.3, -0.25) is 9.40 Å². The lowest BCUT2D eigenvalue weighted by atomic mass is 10.0. The van der Waals surface area contributed by atoms with Crippen molar-refractivity contribution in [2.24, 2.45) is 0 Å². The number of anilines is 1. The first kappa shape index (κ1) is 19.9. The standard InChI is InChI=1S/C20H19ClN4O2S/c1-13-20(16-6-7-17(11-22)19(21)10-16)14(2)25(23-13)12-15-4-8-18(9-5-15)24-28(3,26)27/h4-10,24H,12H2,1-3H3. The van der Waals surface area contributed by atoms with E-state index in [-0.39, 0.29) is 0 Å². The molecular formula is C20H19ClN4O2S. The fourth-order valence-electron chi connectivity index (χ4n) is 3.10. The number of sulfonamides is 1. The van der Waals surface area contributed by atoms with E-state index in [4.69, 9.17) is 16.9 Å². The molecule has 2 aromatic carbocycles. The summed E-state index contributed by atoms with van der Waals surface area (Å²) in [6, 6.07) is 14.6. The molecule has 3 aromatic rings. The Morgan fingerprint density at radius 3 is 2.43 bits per heavy atom. The molecule has 0 aliphatic rings. The highest BCUT2D eigenvalue weighted by Gasteiger charge is 2.15. The second-order valence-corrected chi connectivity index (χ2v) is 8.74. The third kappa shape index (κ3) is 4.35. The van der Waals surface area contributed by atoms with Gasteiger partial charge in [0.1, 0.15) is 6.07 Å². The number of benzene rings is 2. The van der Waals surface area contributed by atoms with Crippen molar-refractivity contribution in [1.29, 1.82) is 5.26 Å². The van der Waals surface area contributed by atoms with E-state index >= 15 is 0 Å². The maximum atomic E-state index is 11.3. The minimum absolute atomic E-state index is 0.417. The van der Waals surface area contributed by atoms with E-state index in [0.29, 0.717) is 22.8 Å². The molecule has 0 atom stereocenters. The first-order chi connectivity index (χ1) is 13.2. The van der Waals surface area contributed by atoms with Crippen LogP contribution in [0.15, 0.2) is 42.5 Å². The smallest absolute Gasteiger partial charge is 0.229 e. The molecule has 0 saturated heterocycles. The Morgan fingerprint density at radius 2 is 1.86 bits per heavy atom. The van der Waals surface area contributed by atoms with E-state index in [1.54, 1.807) is 24.3 Å². The first-order valence-corrected chi connectivity index (χ1v) is 10.8. The molecule has 0 unspecified atom stereocenters. The van der Waals surface area contributed by atoms with Crippen molar-refractivity contribution in [2.45, 2.75) is 20.4 Å². The SMILES string of the molecule is Cc1nn(Cc2ccc(NS(C)(=O)=O)cc2)c(C)c1-c1ccc(C#N)c(Cl)c1. The van der Waals surface area contributed by atoms with Crippen molar-refractivity contribution in [3.8, 4) is 17.2 Å². The summed E-state index contributed by atoms with van der Waals surface area (Å²) < 4.78 is 27.0. The molecule has 6 nitrogen and oxygen atoms in total. The maximum Gasteiger partial charge on any atom is 0.229 e. The predicted molar refractivity (Wildman–Crippen MR) is 111 cm³/mol. The van der Waals surface area contributed by atoms with Gasteiger partial charge in [-0.25, -0.2) is 8.42 Å². The van der Waals surface area contributed by atoms with Gasteiger partial charge < -0.3 is 0 Å². The molecule has 144 valence electrons. The highest BCUT2D eigenvalue weighted by atomic mass is 35.5. The van der Waals surface area contributed by atoms with Gasteiger partial charge in [0.2, 0.25) is 10.0 Å². The van der Waals surface area contributed by atoms with Crippen LogP contribution < -0.4 is 4.72 Å². The van der Waals surface area contributed by atoms with Gasteiger partial charge in [0.15, 0.2) is 0 Å². The number of aromatic nitrogens is 2. The molecule has 0 amide bonds. The summed E-state index contributed by atoms with van der Waals surface area (Å²) in [7, 11) is -3.30. The number of rotatable bonds is 5. The fraction of sp³-hybridized carbons (Fsp3) is 0.200. The van der Waals surface area contributed by atoms with Crippen molar-refractivity contribution in [3.05, 3.63) is 70.0 Å². The third-order valence-electron chi connectivity index (χ3n) is 4.35. The van der Waals surface area contributed by atoms with Crippen LogP contribution in [0.5, 0.6) is 0 Å². The Hall–Kier alpha value is -2.82. The van der Waals surface area contributed by atoms with Gasteiger partial charge >= 0.3 is 0 Å². The van der Waals surface area contributed by atoms with Gasteiger partial charge in [-0.05, 0) is 49.2 Å². The van der Waals surface area contributed by atoms with Crippen LogP contribution in [0.2, 0.25) is 5.02 Å². The van der Waals surface area contributed by atoms with Crippen LogP contribution in [0.3, 0.4) is 0 Å². The van der Waals surface area contributed by atoms with Gasteiger partial charge in [0, 0.05) is 16.9 Å². The number of halogens is 1. The van der Waals surface area contributed by atoms with Crippen molar-refractivity contribution in [1.82, 2.24) is 9.78 Å². The average molecular weight is 415 g/mol. The second kappa shape index (κ2) is 7.66. The normalized spacial score (nSPS) is 11.2. The van der Waals surface area contributed by atoms with Crippen LogP contribution in [0, 0.1) is 25.2 Å². The van der Waals surface area contributed by atoms with Gasteiger partial charge in [0.25, 0.3) is 0 Å². The molecule has 0 aliphatic heterocycles. The van der Waals surface area contributed by atoms with Gasteiger partial charge in [-0.2, -0.15) is 10.4 Å². The summed E-state index contributed by atoms with van der Waals surface area (Å²) >= 11 is 6.18. The van der Waals surface area contributed by atoms with Gasteiger partial charge in [-0.15, -0.1) is 0 Å². The van der Waals surface area contributed by atoms with E-state index in [0.717, 1.165) is 34.3 Å². The molecule has 1 N–H and O–H groups in total. The maximum absolute atomic E-state index is 11.3. The van der Waals surface area contributed by atoms with Gasteiger partial charge in [-0.1, -0.05) is 29.8 Å². The zero-order valence-corrected chi connectivity index (χ0v) is 17.3. The molecule has 0 fully saturated rings. The van der Waals surface area contributed by atoms with E-state index < -0.39 is 10.0 Å². The van der Waals surface area contributed by atoms with Crippen molar-refractivity contribution in [2.75, 3.05) is 11.0 Å². The van der Waals surface area contributed by atoms with Crippen molar-refractivity contribution < 1.29 is 8.42 Å². The van der Waals surface area contributed by atoms with Crippen LogP contribution in [0.25, 0.3) is 11.1 Å². The average Bonchev–Trinajstić information content (AvgIpc) is 2.89. The summed E-state index contributed by atoms with van der Waals surface area (Å²) in [5, 5.41) is 14.1. The highest BCUT2D eigenvalue weighted by molar-refractivity contribution is 7.92. The lowest BCUT2D eigenvalue weighted by Crippen LogP contribution is -2.09. The largest absolute Gasteiger partial charge is 0.284 e. The summed E-state index contributed by atoms with van der Waals surface area (Å²) in [5.41, 5.74) is 5.71. The molecule has 0 bridgehead atoms. The van der Waals surface area contributed by atoms with E-state index in [1.807, 2.05) is 36.7 Å². The van der Waals surface area contributed by atoms with E-state index in [1.165, 1.54) is 0 Å². The quantitative estimate of drug-likeness (QED) is 0.680. The van der Waals surface area contributed by atoms with Crippen molar-refractivity contribution in [3.63, 3.8) is 0 Å². The van der Waals surface area contributed by atoms with Crippen LogP contribution in [0.4, 0.5) is 5.69 Å². The number of nitriles is 1. The van der Waals surface area contributed by atoms with Gasteiger partial charge in [0.05, 0.1) is 29.1 Å². The zero-order chi connectivity index (χ0) is 20.5. The lowest BCUT2D eigenvalue weighted by Gasteiger charge is -2.08. The summed E-state index contributed by atoms with van der Waals surface area (Å²) in [4.78, 5) is 0. The van der Waals surface area contributed by atoms with Crippen molar-refractivity contribution >= 4 is 27.3 Å². The number of hydrogen-bond donors (Lipinski definition) is 1. The molecule has 0 spiro atoms. The van der Waals surface area contributed by atoms with Crippen LogP contribution in [-0.4, -0.2) is 24.5 Å². The molecule has 28 heavy (non-hydrogen) atoms. The Kier molecular flexibility index (Phi) is 5.45. The van der Waals surface area contributed by atoms with E-state index in [2.05, 4.69) is 15.9 Å². The number of nitrogens with zero attached hydrogens (tertiary/aromatic N) is 3. The Bertz CT molecular complexity index is 1180. The molecule has 0 saturated carbocycles. The Morgan fingerprint density at radius 1 is 1.18 bits per heavy atom. The minimum atomic E-state index is -3.30. The number of aryl methyl sites for hydroxylation is 1. The molecular weight excluding hydrogens is 396 g/mol. The third-order valence-corrected chi connectivity index (χ3v) is 5.27. The van der Waals surface area contributed by atoms with Crippen LogP contribution >= 0.6 is 11.6 Å². The molecule has 3 rings (SSSR count). The Labute approximate surface area is 169 Å². The Balaban J connectivity index is 1.88. The summed E-state index contributed by atoms with van der Waals surface area (Å²) in [6.07, 6.45) is 1.12. The fourth-order valence-corrected chi connectivity index (χ4v) is 3.88. The molecule has 0 aliphatic carbocycles. The molecule has 8 heteroatoms. The topological polar surface area (TPSA) is 87.8 Å². The summed E-state index contributed by atoms with van der Waals surface area (Å²) in [6.45, 7) is 4.47. The second-order valence-electron chi connectivity index (χ2n) is 6.58. The van der Waals surface area contributed by atoms with Crippen LogP contribution in [0.1, 0.15) is 22.5 Å². The molecule has 0 radical (unpaired) electrons. The molecule has 1 aromatic heterocycles. The summed E-state index contributed by atoms with van der Waals surface area (Å²) in [5.74, 6) is 0. The number of nitrogens with one attached hydrogen (secondary N) is 1.